The van der Waals surface area contributed by atoms with Gasteiger partial charge in [-0.25, -0.2) is 4.98 Å². The first-order valence-corrected chi connectivity index (χ1v) is 11.2. The lowest BCUT2D eigenvalue weighted by Crippen LogP contribution is -2.45. The summed E-state index contributed by atoms with van der Waals surface area (Å²) in [4.78, 5) is 31.8. The summed E-state index contributed by atoms with van der Waals surface area (Å²) >= 11 is 1.36. The molecule has 0 unspecified atom stereocenters. The van der Waals surface area contributed by atoms with Crippen LogP contribution in [0.15, 0.2) is 60.0 Å². The van der Waals surface area contributed by atoms with Crippen LogP contribution in [0.3, 0.4) is 0 Å². The molecule has 1 heterocycles. The second-order valence-electron chi connectivity index (χ2n) is 5.71. The molecule has 0 spiro atoms. The molecule has 8 heteroatoms. The SMILES string of the molecule is C[Si@H](NC(=O)c1ccc(N)cc1)C(=O)Nc1nc(-c2ccccc2)cs1. The molecule has 1 atom stereocenters. The first-order valence-electron chi connectivity index (χ1n) is 8.01. The Hall–Kier alpha value is -2.97. The van der Waals surface area contributed by atoms with Crippen molar-refractivity contribution < 1.29 is 9.59 Å². The number of rotatable bonds is 5. The number of thiazole rings is 1. The number of hydrogen-bond donors (Lipinski definition) is 3. The summed E-state index contributed by atoms with van der Waals surface area (Å²) in [6, 6.07) is 16.3. The maximum absolute atomic E-state index is 12.4. The third kappa shape index (κ3) is 4.35. The molecule has 1 aromatic heterocycles. The number of nitrogens with zero attached hydrogens (tertiary/aromatic N) is 1. The number of amides is 2. The Bertz CT molecular complexity index is 912. The first-order chi connectivity index (χ1) is 12.5. The van der Waals surface area contributed by atoms with Gasteiger partial charge in [0.2, 0.25) is 20.4 Å². The highest BCUT2D eigenvalue weighted by Crippen LogP contribution is 2.24. The van der Waals surface area contributed by atoms with Crippen molar-refractivity contribution in [3.63, 3.8) is 0 Å². The van der Waals surface area contributed by atoms with Gasteiger partial charge in [0.25, 0.3) is 0 Å². The number of carbonyl (C=O) groups excluding carboxylic acids is 2. The van der Waals surface area contributed by atoms with Crippen molar-refractivity contribution >= 4 is 42.6 Å². The maximum Gasteiger partial charge on any atom is 0.243 e. The number of benzene rings is 2. The van der Waals surface area contributed by atoms with Gasteiger partial charge in [-0.15, -0.1) is 11.3 Å². The Morgan fingerprint density at radius 3 is 2.46 bits per heavy atom. The number of nitrogen functional groups attached to an aromatic ring is 1. The lowest BCUT2D eigenvalue weighted by atomic mass is 10.2. The van der Waals surface area contributed by atoms with Crippen LogP contribution in [0.5, 0.6) is 0 Å². The zero-order valence-corrected chi connectivity index (χ0v) is 16.1. The fourth-order valence-corrected chi connectivity index (χ4v) is 4.14. The van der Waals surface area contributed by atoms with E-state index in [1.807, 2.05) is 35.7 Å². The van der Waals surface area contributed by atoms with Crippen molar-refractivity contribution in [1.29, 1.82) is 0 Å². The maximum atomic E-state index is 12.4. The lowest BCUT2D eigenvalue weighted by Gasteiger charge is -2.11. The van der Waals surface area contributed by atoms with Crippen LogP contribution >= 0.6 is 11.3 Å². The molecule has 0 aliphatic rings. The van der Waals surface area contributed by atoms with Gasteiger partial charge < -0.3 is 16.0 Å². The lowest BCUT2D eigenvalue weighted by molar-refractivity contribution is 0.0979. The summed E-state index contributed by atoms with van der Waals surface area (Å²) < 4.78 is 0. The predicted octanol–water partition coefficient (Wildman–Crippen LogP) is 3.29. The van der Waals surface area contributed by atoms with E-state index in [0.717, 1.165) is 11.3 Å². The second kappa shape index (κ2) is 7.94. The molecular weight excluding hydrogens is 364 g/mol. The van der Waals surface area contributed by atoms with E-state index in [4.69, 9.17) is 5.73 Å². The van der Waals surface area contributed by atoms with Crippen molar-refractivity contribution in [3.05, 3.63) is 65.5 Å². The van der Waals surface area contributed by atoms with Gasteiger partial charge in [0.1, 0.15) is 0 Å². The van der Waals surface area contributed by atoms with E-state index < -0.39 is 8.96 Å². The highest BCUT2D eigenvalue weighted by atomic mass is 32.1. The van der Waals surface area contributed by atoms with Gasteiger partial charge >= 0.3 is 0 Å². The molecule has 0 aliphatic carbocycles. The van der Waals surface area contributed by atoms with Gasteiger partial charge in [0, 0.05) is 22.2 Å². The summed E-state index contributed by atoms with van der Waals surface area (Å²) in [5.41, 5.74) is 8.29. The van der Waals surface area contributed by atoms with Crippen molar-refractivity contribution in [1.82, 2.24) is 9.97 Å². The van der Waals surface area contributed by atoms with Crippen LogP contribution in [-0.4, -0.2) is 25.4 Å². The van der Waals surface area contributed by atoms with Crippen LogP contribution in [0.4, 0.5) is 15.6 Å². The molecule has 3 aromatic rings. The van der Waals surface area contributed by atoms with E-state index >= 15 is 0 Å². The number of aromatic nitrogens is 1. The van der Waals surface area contributed by atoms with Crippen LogP contribution in [0.2, 0.25) is 6.55 Å². The molecule has 3 rings (SSSR count). The Kier molecular flexibility index (Phi) is 5.45. The van der Waals surface area contributed by atoms with E-state index in [-0.39, 0.29) is 11.4 Å². The molecule has 0 radical (unpaired) electrons. The molecule has 0 bridgehead atoms. The highest BCUT2D eigenvalue weighted by molar-refractivity contribution is 7.14. The molecule has 2 amide bonds. The minimum atomic E-state index is -2.18. The van der Waals surface area contributed by atoms with Gasteiger partial charge in [-0.2, -0.15) is 0 Å². The molecule has 0 aliphatic heterocycles. The van der Waals surface area contributed by atoms with Crippen LogP contribution in [0.25, 0.3) is 11.3 Å². The number of carbonyl (C=O) groups is 2. The zero-order chi connectivity index (χ0) is 18.5. The van der Waals surface area contributed by atoms with Gasteiger partial charge in [0.05, 0.1) is 5.69 Å². The Morgan fingerprint density at radius 2 is 1.77 bits per heavy atom. The van der Waals surface area contributed by atoms with Gasteiger partial charge in [-0.3, -0.25) is 9.59 Å². The summed E-state index contributed by atoms with van der Waals surface area (Å²) in [7, 11) is -2.18. The topological polar surface area (TPSA) is 97.1 Å². The third-order valence-corrected chi connectivity index (χ3v) is 6.10. The first kappa shape index (κ1) is 17.8. The van der Waals surface area contributed by atoms with Gasteiger partial charge in [-0.05, 0) is 30.8 Å². The van der Waals surface area contributed by atoms with E-state index in [9.17, 15) is 9.59 Å². The molecule has 2 aromatic carbocycles. The van der Waals surface area contributed by atoms with Gasteiger partial charge in [0.15, 0.2) is 5.13 Å². The molecule has 0 saturated heterocycles. The fourth-order valence-electron chi connectivity index (χ4n) is 2.27. The van der Waals surface area contributed by atoms with Crippen LogP contribution in [-0.2, 0) is 0 Å². The van der Waals surface area contributed by atoms with E-state index in [0.29, 0.717) is 16.4 Å². The summed E-state index contributed by atoms with van der Waals surface area (Å²) in [6.07, 6.45) is 0. The Morgan fingerprint density at radius 1 is 1.08 bits per heavy atom. The van der Waals surface area contributed by atoms with Gasteiger partial charge in [-0.1, -0.05) is 30.3 Å². The Labute approximate surface area is 156 Å². The number of nitrogens with two attached hydrogens (primary N) is 1. The van der Waals surface area contributed by atoms with E-state index in [1.165, 1.54) is 11.3 Å². The van der Waals surface area contributed by atoms with Crippen molar-refractivity contribution in [2.75, 3.05) is 11.1 Å². The summed E-state index contributed by atoms with van der Waals surface area (Å²) in [5.74, 6) is -0.275. The quantitative estimate of drug-likeness (QED) is 0.466. The zero-order valence-electron chi connectivity index (χ0n) is 14.1. The predicted molar refractivity (Wildman–Crippen MR) is 108 cm³/mol. The smallest absolute Gasteiger partial charge is 0.243 e. The van der Waals surface area contributed by atoms with Crippen LogP contribution in [0.1, 0.15) is 10.4 Å². The van der Waals surface area contributed by atoms with Crippen LogP contribution in [0, 0.1) is 0 Å². The normalized spacial score (nSPS) is 11.6. The number of anilines is 2. The molecule has 6 nitrogen and oxygen atoms in total. The monoisotopic (exact) mass is 382 g/mol. The van der Waals surface area contributed by atoms with E-state index in [1.54, 1.807) is 30.8 Å². The largest absolute Gasteiger partial charge is 0.399 e. The number of hydrogen-bond acceptors (Lipinski definition) is 5. The second-order valence-corrected chi connectivity index (χ2v) is 8.82. The molecule has 26 heavy (non-hydrogen) atoms. The van der Waals surface area contributed by atoms with E-state index in [2.05, 4.69) is 15.3 Å². The standard InChI is InChI=1S/C18H18N4O2SSi/c1-26(22-16(23)13-7-9-14(19)10-8-13)18(24)21-17-20-15(11-25-17)12-5-3-2-4-6-12/h2-11,26H,19H2,1H3,(H,22,23)(H,20,21,24)/t26-/m0/s1. The van der Waals surface area contributed by atoms with Crippen LogP contribution < -0.4 is 16.0 Å². The van der Waals surface area contributed by atoms with Crippen molar-refractivity contribution in [3.8, 4) is 11.3 Å². The highest BCUT2D eigenvalue weighted by Gasteiger charge is 2.20. The fraction of sp³-hybridized carbons (Fsp3) is 0.0556. The number of nitrogens with one attached hydrogen (secondary N) is 2. The average Bonchev–Trinajstić information content (AvgIpc) is 3.11. The molecule has 4 N–H and O–H groups in total. The molecular formula is C18H18N4O2SSi. The average molecular weight is 383 g/mol. The molecule has 132 valence electrons. The van der Waals surface area contributed by atoms with Crippen molar-refractivity contribution in [2.45, 2.75) is 6.55 Å². The Balaban J connectivity index is 1.60. The molecule has 0 fully saturated rings. The van der Waals surface area contributed by atoms with Crippen molar-refractivity contribution in [2.24, 2.45) is 0 Å². The minimum Gasteiger partial charge on any atom is -0.399 e. The minimum absolute atomic E-state index is 0.192. The molecule has 0 saturated carbocycles. The summed E-state index contributed by atoms with van der Waals surface area (Å²) in [6.45, 7) is 1.76. The third-order valence-electron chi connectivity index (χ3n) is 3.72. The summed E-state index contributed by atoms with van der Waals surface area (Å²) in [5, 5.41) is 5.21.